The van der Waals surface area contributed by atoms with Gasteiger partial charge < -0.3 is 9.30 Å². The van der Waals surface area contributed by atoms with Crippen LogP contribution in [0.1, 0.15) is 11.9 Å². The summed E-state index contributed by atoms with van der Waals surface area (Å²) in [5.74, 6) is 0.587. The maximum atomic E-state index is 13.2. The highest BCUT2D eigenvalue weighted by molar-refractivity contribution is 9.10. The van der Waals surface area contributed by atoms with E-state index >= 15 is 0 Å². The molecule has 0 bridgehead atoms. The van der Waals surface area contributed by atoms with Crippen LogP contribution in [0.2, 0.25) is 0 Å². The van der Waals surface area contributed by atoms with Gasteiger partial charge in [0.2, 0.25) is 0 Å². The summed E-state index contributed by atoms with van der Waals surface area (Å²) in [6.45, 7) is 7.12. The monoisotopic (exact) mass is 398 g/mol. The average molecular weight is 399 g/mol. The molecule has 2 heterocycles. The summed E-state index contributed by atoms with van der Waals surface area (Å²) >= 11 is 3.39. The number of nitrogens with zero attached hydrogens (tertiary/aromatic N) is 2. The van der Waals surface area contributed by atoms with E-state index in [0.29, 0.717) is 11.3 Å². The molecule has 7 heteroatoms. The SMILES string of the molecule is C=C/C=C(\C(=C)C(F)(F)F)C1COCc2nc3ccc(Br)cc3n21. The molecule has 1 unspecified atom stereocenters. The zero-order valence-corrected chi connectivity index (χ0v) is 14.2. The Hall–Kier alpha value is -1.86. The standard InChI is InChI=1S/C17H14BrF3N2O/c1-3-4-12(10(2)17(19,20)21)15-8-24-9-16-22-13-6-5-11(18)7-14(13)23(15)16/h3-7,15H,1-2,8-9H2/b12-4+. The van der Waals surface area contributed by atoms with E-state index in [2.05, 4.69) is 34.1 Å². The van der Waals surface area contributed by atoms with Crippen molar-refractivity contribution in [1.82, 2.24) is 9.55 Å². The molecule has 0 N–H and O–H groups in total. The van der Waals surface area contributed by atoms with Gasteiger partial charge in [0.15, 0.2) is 0 Å². The predicted octanol–water partition coefficient (Wildman–Crippen LogP) is 5.10. The maximum absolute atomic E-state index is 13.2. The summed E-state index contributed by atoms with van der Waals surface area (Å²) < 4.78 is 47.7. The van der Waals surface area contributed by atoms with Crippen LogP contribution in [-0.4, -0.2) is 22.3 Å². The van der Waals surface area contributed by atoms with Crippen LogP contribution in [0, 0.1) is 0 Å². The molecule has 1 aliphatic heterocycles. The number of rotatable bonds is 3. The number of hydrogen-bond donors (Lipinski definition) is 0. The Bertz CT molecular complexity index is 851. The molecule has 0 radical (unpaired) electrons. The first kappa shape index (κ1) is 17.0. The van der Waals surface area contributed by atoms with Gasteiger partial charge in [-0.3, -0.25) is 0 Å². The fourth-order valence-corrected chi connectivity index (χ4v) is 3.18. The second kappa shape index (κ2) is 6.22. The third-order valence-corrected chi connectivity index (χ3v) is 4.38. The van der Waals surface area contributed by atoms with Crippen LogP contribution in [0.5, 0.6) is 0 Å². The first-order valence-corrected chi connectivity index (χ1v) is 7.95. The number of benzene rings is 1. The van der Waals surface area contributed by atoms with Crippen LogP contribution in [0.25, 0.3) is 11.0 Å². The van der Waals surface area contributed by atoms with Crippen molar-refractivity contribution >= 4 is 27.0 Å². The van der Waals surface area contributed by atoms with Gasteiger partial charge in [-0.05, 0) is 23.8 Å². The quantitative estimate of drug-likeness (QED) is 0.672. The molecule has 0 saturated heterocycles. The Morgan fingerprint density at radius 1 is 1.42 bits per heavy atom. The largest absolute Gasteiger partial charge is 0.416 e. The van der Waals surface area contributed by atoms with Crippen molar-refractivity contribution in [3.8, 4) is 0 Å². The van der Waals surface area contributed by atoms with E-state index in [-0.39, 0.29) is 18.8 Å². The lowest BCUT2D eigenvalue weighted by Gasteiger charge is -2.29. The fraction of sp³-hybridized carbons (Fsp3) is 0.235. The number of imidazole rings is 1. The van der Waals surface area contributed by atoms with Crippen molar-refractivity contribution in [2.75, 3.05) is 6.61 Å². The topological polar surface area (TPSA) is 27.1 Å². The summed E-state index contributed by atoms with van der Waals surface area (Å²) in [5, 5.41) is 0. The molecule has 1 atom stereocenters. The second-order valence-electron chi connectivity index (χ2n) is 5.40. The molecule has 24 heavy (non-hydrogen) atoms. The van der Waals surface area contributed by atoms with E-state index in [9.17, 15) is 13.2 Å². The van der Waals surface area contributed by atoms with Crippen molar-refractivity contribution in [2.45, 2.75) is 18.8 Å². The van der Waals surface area contributed by atoms with E-state index in [1.54, 1.807) is 4.57 Å². The fourth-order valence-electron chi connectivity index (χ4n) is 2.83. The van der Waals surface area contributed by atoms with E-state index in [0.717, 1.165) is 9.99 Å². The highest BCUT2D eigenvalue weighted by Gasteiger charge is 2.38. The Balaban J connectivity index is 2.19. The summed E-state index contributed by atoms with van der Waals surface area (Å²) in [4.78, 5) is 4.46. The molecule has 0 aliphatic carbocycles. The molecular weight excluding hydrogens is 385 g/mol. The van der Waals surface area contributed by atoms with E-state index < -0.39 is 17.8 Å². The third-order valence-electron chi connectivity index (χ3n) is 3.89. The molecule has 0 spiro atoms. The molecular formula is C17H14BrF3N2O. The van der Waals surface area contributed by atoms with Crippen molar-refractivity contribution in [3.63, 3.8) is 0 Å². The van der Waals surface area contributed by atoms with Crippen LogP contribution in [-0.2, 0) is 11.3 Å². The minimum atomic E-state index is -4.52. The average Bonchev–Trinajstić information content (AvgIpc) is 2.89. The summed E-state index contributed by atoms with van der Waals surface area (Å²) in [6.07, 6.45) is -1.86. The molecule has 0 saturated carbocycles. The molecule has 1 aromatic heterocycles. The van der Waals surface area contributed by atoms with Crippen LogP contribution in [0.15, 0.2) is 59.1 Å². The van der Waals surface area contributed by atoms with Crippen molar-refractivity contribution in [3.05, 3.63) is 65.0 Å². The van der Waals surface area contributed by atoms with Crippen LogP contribution >= 0.6 is 15.9 Å². The van der Waals surface area contributed by atoms with Crippen LogP contribution < -0.4 is 0 Å². The highest BCUT2D eigenvalue weighted by atomic mass is 79.9. The normalized spacial score (nSPS) is 18.5. The van der Waals surface area contributed by atoms with Gasteiger partial charge >= 0.3 is 6.18 Å². The number of allylic oxidation sites excluding steroid dienone is 3. The van der Waals surface area contributed by atoms with Gasteiger partial charge in [-0.2, -0.15) is 13.2 Å². The summed E-state index contributed by atoms with van der Waals surface area (Å²) in [6, 6.07) is 4.83. The van der Waals surface area contributed by atoms with Crippen LogP contribution in [0.4, 0.5) is 13.2 Å². The van der Waals surface area contributed by atoms with Crippen LogP contribution in [0.3, 0.4) is 0 Å². The number of alkyl halides is 3. The molecule has 3 rings (SSSR count). The van der Waals surface area contributed by atoms with Crippen molar-refractivity contribution < 1.29 is 17.9 Å². The van der Waals surface area contributed by atoms with Gasteiger partial charge in [-0.15, -0.1) is 0 Å². The van der Waals surface area contributed by atoms with Gasteiger partial charge in [0, 0.05) is 4.47 Å². The lowest BCUT2D eigenvalue weighted by molar-refractivity contribution is -0.0902. The molecule has 1 aromatic carbocycles. The highest BCUT2D eigenvalue weighted by Crippen LogP contribution is 2.39. The zero-order valence-electron chi connectivity index (χ0n) is 12.6. The smallest absolute Gasteiger partial charge is 0.371 e. The lowest BCUT2D eigenvalue weighted by Crippen LogP contribution is -2.28. The Labute approximate surface area is 145 Å². The molecule has 0 amide bonds. The Morgan fingerprint density at radius 3 is 2.83 bits per heavy atom. The lowest BCUT2D eigenvalue weighted by atomic mass is 9.97. The number of fused-ring (bicyclic) bond motifs is 3. The molecule has 3 nitrogen and oxygen atoms in total. The van der Waals surface area contributed by atoms with E-state index in [1.807, 2.05) is 18.2 Å². The zero-order chi connectivity index (χ0) is 17.5. The van der Waals surface area contributed by atoms with Crippen molar-refractivity contribution in [1.29, 1.82) is 0 Å². The van der Waals surface area contributed by atoms with Gasteiger partial charge in [-0.25, -0.2) is 4.98 Å². The maximum Gasteiger partial charge on any atom is 0.416 e. The molecule has 2 aromatic rings. The number of ether oxygens (including phenoxy) is 1. The second-order valence-corrected chi connectivity index (χ2v) is 6.31. The van der Waals surface area contributed by atoms with E-state index in [4.69, 9.17) is 4.74 Å². The van der Waals surface area contributed by atoms with Crippen molar-refractivity contribution in [2.24, 2.45) is 0 Å². The summed E-state index contributed by atoms with van der Waals surface area (Å²) in [7, 11) is 0. The van der Waals surface area contributed by atoms with Gasteiger partial charge in [0.25, 0.3) is 0 Å². The molecule has 126 valence electrons. The number of aromatic nitrogens is 2. The predicted molar refractivity (Wildman–Crippen MR) is 89.6 cm³/mol. The summed E-state index contributed by atoms with van der Waals surface area (Å²) in [5.41, 5.74) is 0.579. The Kier molecular flexibility index (Phi) is 4.40. The van der Waals surface area contributed by atoms with E-state index in [1.165, 1.54) is 12.2 Å². The minimum absolute atomic E-state index is 0.0257. The van der Waals surface area contributed by atoms with Gasteiger partial charge in [0.05, 0.1) is 29.3 Å². The van der Waals surface area contributed by atoms with Gasteiger partial charge in [0.1, 0.15) is 12.4 Å². The van der Waals surface area contributed by atoms with Gasteiger partial charge in [-0.1, -0.05) is 41.2 Å². The first-order chi connectivity index (χ1) is 11.3. The molecule has 0 fully saturated rings. The molecule has 1 aliphatic rings. The number of halogens is 4. The Morgan fingerprint density at radius 2 is 2.17 bits per heavy atom. The minimum Gasteiger partial charge on any atom is -0.371 e. The third kappa shape index (κ3) is 2.93. The first-order valence-electron chi connectivity index (χ1n) is 7.16. The number of hydrogen-bond acceptors (Lipinski definition) is 2.